The number of nitrogens with two attached hydrogens (primary N) is 1. The molecule has 2 aliphatic rings. The predicted octanol–water partition coefficient (Wildman–Crippen LogP) is 2.43. The van der Waals surface area contributed by atoms with Crippen LogP contribution in [0.15, 0.2) is 18.3 Å². The fraction of sp³-hybridized carbons (Fsp3) is 0.615. The Morgan fingerprint density at radius 1 is 1.25 bits per heavy atom. The highest BCUT2D eigenvalue weighted by molar-refractivity contribution is 5.48. The van der Waals surface area contributed by atoms with Crippen LogP contribution in [0.4, 0.5) is 11.5 Å². The van der Waals surface area contributed by atoms with E-state index in [1.165, 1.54) is 25.7 Å². The van der Waals surface area contributed by atoms with Crippen molar-refractivity contribution in [2.24, 2.45) is 5.92 Å². The smallest absolute Gasteiger partial charge is 0.129 e. The van der Waals surface area contributed by atoms with Crippen LogP contribution in [0.25, 0.3) is 0 Å². The topological polar surface area (TPSA) is 42.1 Å². The number of hydrogen-bond acceptors (Lipinski definition) is 3. The largest absolute Gasteiger partial charge is 0.397 e. The summed E-state index contributed by atoms with van der Waals surface area (Å²) < 4.78 is 0. The van der Waals surface area contributed by atoms with E-state index in [0.717, 1.165) is 17.4 Å². The molecule has 2 fully saturated rings. The highest BCUT2D eigenvalue weighted by Gasteiger charge is 2.39. The molecule has 0 radical (unpaired) electrons. The average molecular weight is 217 g/mol. The number of hydrogen-bond donors (Lipinski definition) is 1. The quantitative estimate of drug-likeness (QED) is 0.785. The van der Waals surface area contributed by atoms with Crippen LogP contribution in [-0.4, -0.2) is 17.1 Å². The maximum Gasteiger partial charge on any atom is 0.129 e. The van der Waals surface area contributed by atoms with E-state index in [9.17, 15) is 0 Å². The molecule has 0 spiro atoms. The van der Waals surface area contributed by atoms with Crippen molar-refractivity contribution < 1.29 is 0 Å². The zero-order chi connectivity index (χ0) is 11.1. The lowest BCUT2D eigenvalue weighted by Gasteiger charge is -2.38. The van der Waals surface area contributed by atoms with Gasteiger partial charge in [-0.25, -0.2) is 4.98 Å². The first-order valence-electron chi connectivity index (χ1n) is 6.24. The Hall–Kier alpha value is -1.25. The molecule has 0 aromatic carbocycles. The van der Waals surface area contributed by atoms with E-state index in [1.807, 2.05) is 6.07 Å². The molecule has 3 heterocycles. The van der Waals surface area contributed by atoms with Gasteiger partial charge in [-0.1, -0.05) is 6.92 Å². The molecular weight excluding hydrogens is 198 g/mol. The molecule has 0 saturated carbocycles. The van der Waals surface area contributed by atoms with Gasteiger partial charge in [-0.3, -0.25) is 0 Å². The van der Waals surface area contributed by atoms with Crippen molar-refractivity contribution in [1.29, 1.82) is 0 Å². The number of nitrogen functional groups attached to an aromatic ring is 1. The monoisotopic (exact) mass is 217 g/mol. The number of aromatic nitrogens is 1. The van der Waals surface area contributed by atoms with Gasteiger partial charge in [-0.05, 0) is 43.7 Å². The fourth-order valence-corrected chi connectivity index (χ4v) is 3.37. The third-order valence-corrected chi connectivity index (χ3v) is 4.00. The number of nitrogens with zero attached hydrogens (tertiary/aromatic N) is 2. The Balaban J connectivity index is 1.88. The van der Waals surface area contributed by atoms with Crippen LogP contribution in [0.1, 0.15) is 32.6 Å². The van der Waals surface area contributed by atoms with E-state index in [2.05, 4.69) is 22.9 Å². The summed E-state index contributed by atoms with van der Waals surface area (Å²) in [4.78, 5) is 7.00. The summed E-state index contributed by atoms with van der Waals surface area (Å²) in [6, 6.07) is 5.45. The molecule has 2 unspecified atom stereocenters. The molecule has 86 valence electrons. The fourth-order valence-electron chi connectivity index (χ4n) is 3.37. The van der Waals surface area contributed by atoms with E-state index in [1.54, 1.807) is 6.20 Å². The molecule has 2 bridgehead atoms. The van der Waals surface area contributed by atoms with Crippen molar-refractivity contribution >= 4 is 11.5 Å². The number of pyridine rings is 1. The first kappa shape index (κ1) is 9.94. The van der Waals surface area contributed by atoms with Crippen LogP contribution in [0.5, 0.6) is 0 Å². The number of piperidine rings is 1. The van der Waals surface area contributed by atoms with Gasteiger partial charge >= 0.3 is 0 Å². The molecule has 2 saturated heterocycles. The van der Waals surface area contributed by atoms with Crippen LogP contribution >= 0.6 is 0 Å². The van der Waals surface area contributed by atoms with E-state index in [4.69, 9.17) is 5.73 Å². The van der Waals surface area contributed by atoms with Gasteiger partial charge in [0.25, 0.3) is 0 Å². The van der Waals surface area contributed by atoms with E-state index in [0.29, 0.717) is 12.1 Å². The molecule has 0 aliphatic carbocycles. The van der Waals surface area contributed by atoms with E-state index >= 15 is 0 Å². The third kappa shape index (κ3) is 1.55. The highest BCUT2D eigenvalue weighted by atomic mass is 15.3. The molecule has 1 aromatic rings. The summed E-state index contributed by atoms with van der Waals surface area (Å²) in [5.74, 6) is 2.00. The summed E-state index contributed by atoms with van der Waals surface area (Å²) in [6.07, 6.45) is 7.08. The first-order valence-corrected chi connectivity index (χ1v) is 6.24. The van der Waals surface area contributed by atoms with Crippen molar-refractivity contribution in [1.82, 2.24) is 4.98 Å². The van der Waals surface area contributed by atoms with Crippen LogP contribution in [0.3, 0.4) is 0 Å². The summed E-state index contributed by atoms with van der Waals surface area (Å²) in [5, 5.41) is 0. The second kappa shape index (κ2) is 3.65. The Labute approximate surface area is 96.7 Å². The minimum atomic E-state index is 0.713. The minimum absolute atomic E-state index is 0.713. The van der Waals surface area contributed by atoms with Gasteiger partial charge < -0.3 is 10.6 Å². The van der Waals surface area contributed by atoms with Crippen LogP contribution in [0, 0.1) is 5.92 Å². The maximum absolute atomic E-state index is 5.68. The van der Waals surface area contributed by atoms with Gasteiger partial charge in [0.05, 0.1) is 11.9 Å². The molecule has 2 atom stereocenters. The molecule has 3 nitrogen and oxygen atoms in total. The Bertz CT molecular complexity index is 359. The summed E-state index contributed by atoms with van der Waals surface area (Å²) in [5.41, 5.74) is 6.43. The van der Waals surface area contributed by atoms with Crippen molar-refractivity contribution in [3.8, 4) is 0 Å². The summed E-state index contributed by atoms with van der Waals surface area (Å²) >= 11 is 0. The standard InChI is InChI=1S/C13H19N3/c1-9-6-11-3-4-12(7-9)16(11)13-5-2-10(14)8-15-13/h2,5,8-9,11-12H,3-4,6-7,14H2,1H3. The molecule has 3 rings (SSSR count). The first-order chi connectivity index (χ1) is 7.74. The Kier molecular flexibility index (Phi) is 2.27. The second-order valence-corrected chi connectivity index (χ2v) is 5.32. The van der Waals surface area contributed by atoms with Gasteiger partial charge in [0.15, 0.2) is 0 Å². The number of fused-ring (bicyclic) bond motifs is 2. The van der Waals surface area contributed by atoms with Gasteiger partial charge in [-0.2, -0.15) is 0 Å². The average Bonchev–Trinajstić information content (AvgIpc) is 2.54. The Morgan fingerprint density at radius 2 is 1.94 bits per heavy atom. The third-order valence-electron chi connectivity index (χ3n) is 4.00. The lowest BCUT2D eigenvalue weighted by molar-refractivity contribution is 0.361. The van der Waals surface area contributed by atoms with Crippen molar-refractivity contribution in [2.45, 2.75) is 44.7 Å². The molecule has 0 amide bonds. The lowest BCUT2D eigenvalue weighted by atomic mass is 9.92. The van der Waals surface area contributed by atoms with E-state index < -0.39 is 0 Å². The lowest BCUT2D eigenvalue weighted by Crippen LogP contribution is -2.42. The Morgan fingerprint density at radius 3 is 2.50 bits per heavy atom. The molecule has 3 heteroatoms. The second-order valence-electron chi connectivity index (χ2n) is 5.32. The van der Waals surface area contributed by atoms with Crippen LogP contribution in [0.2, 0.25) is 0 Å². The van der Waals surface area contributed by atoms with Crippen molar-refractivity contribution in [3.63, 3.8) is 0 Å². The predicted molar refractivity (Wildman–Crippen MR) is 66.3 cm³/mol. The highest BCUT2D eigenvalue weighted by Crippen LogP contribution is 2.40. The summed E-state index contributed by atoms with van der Waals surface area (Å²) in [7, 11) is 0. The summed E-state index contributed by atoms with van der Waals surface area (Å²) in [6.45, 7) is 2.37. The van der Waals surface area contributed by atoms with Crippen LogP contribution < -0.4 is 10.6 Å². The maximum atomic E-state index is 5.68. The number of anilines is 2. The van der Waals surface area contributed by atoms with Gasteiger partial charge in [0.2, 0.25) is 0 Å². The molecule has 16 heavy (non-hydrogen) atoms. The van der Waals surface area contributed by atoms with Crippen molar-refractivity contribution in [3.05, 3.63) is 18.3 Å². The molecule has 1 aromatic heterocycles. The molecular formula is C13H19N3. The van der Waals surface area contributed by atoms with E-state index in [-0.39, 0.29) is 0 Å². The van der Waals surface area contributed by atoms with Gasteiger partial charge in [-0.15, -0.1) is 0 Å². The van der Waals surface area contributed by atoms with Gasteiger partial charge in [0.1, 0.15) is 5.82 Å². The van der Waals surface area contributed by atoms with Crippen LogP contribution in [-0.2, 0) is 0 Å². The van der Waals surface area contributed by atoms with Gasteiger partial charge in [0, 0.05) is 12.1 Å². The molecule has 2 N–H and O–H groups in total. The normalized spacial score (nSPS) is 33.1. The molecule has 2 aliphatic heterocycles. The zero-order valence-corrected chi connectivity index (χ0v) is 9.76. The van der Waals surface area contributed by atoms with Crippen molar-refractivity contribution in [2.75, 3.05) is 10.6 Å². The SMILES string of the molecule is CC1CC2CCC(C1)N2c1ccc(N)cn1. The number of rotatable bonds is 1. The zero-order valence-electron chi connectivity index (χ0n) is 9.76. The minimum Gasteiger partial charge on any atom is -0.397 e.